The number of aliphatic carboxylic acids is 1. The summed E-state index contributed by atoms with van der Waals surface area (Å²) in [7, 11) is -4.02. The van der Waals surface area contributed by atoms with Crippen molar-refractivity contribution in [2.45, 2.75) is 31.7 Å². The van der Waals surface area contributed by atoms with Crippen LogP contribution in [-0.2, 0) is 19.6 Å². The van der Waals surface area contributed by atoms with Gasteiger partial charge < -0.3 is 14.3 Å². The van der Waals surface area contributed by atoms with E-state index in [0.717, 1.165) is 0 Å². The van der Waals surface area contributed by atoms with Crippen molar-refractivity contribution < 1.29 is 32.3 Å². The van der Waals surface area contributed by atoms with Crippen LogP contribution < -0.4 is 4.72 Å². The van der Waals surface area contributed by atoms with Crippen LogP contribution in [0.5, 0.6) is 0 Å². The summed E-state index contributed by atoms with van der Waals surface area (Å²) >= 11 is 0. The highest BCUT2D eigenvalue weighted by Gasteiger charge is 2.24. The molecule has 0 spiro atoms. The average molecular weight is 355 g/mol. The summed E-state index contributed by atoms with van der Waals surface area (Å²) in [6.07, 6.45) is 0. The van der Waals surface area contributed by atoms with Crippen LogP contribution in [0, 0.1) is 6.92 Å². The first-order chi connectivity index (χ1) is 11.2. The Morgan fingerprint density at radius 2 is 2.04 bits per heavy atom. The summed E-state index contributed by atoms with van der Waals surface area (Å²) in [5, 5.41) is 9.26. The molecular weight excluding hydrogens is 338 g/mol. The first-order valence-electron chi connectivity index (χ1n) is 7.12. The highest BCUT2D eigenvalue weighted by molar-refractivity contribution is 7.89. The molecule has 0 bridgehead atoms. The summed E-state index contributed by atoms with van der Waals surface area (Å²) in [5.41, 5.74) is 0.785. The molecule has 0 amide bonds. The van der Waals surface area contributed by atoms with E-state index in [0.29, 0.717) is 16.5 Å². The Morgan fingerprint density at radius 3 is 2.62 bits per heavy atom. The van der Waals surface area contributed by atoms with E-state index in [9.17, 15) is 18.0 Å². The van der Waals surface area contributed by atoms with Crippen molar-refractivity contribution in [1.82, 2.24) is 4.72 Å². The van der Waals surface area contributed by atoms with Crippen LogP contribution in [0.4, 0.5) is 0 Å². The number of benzene rings is 1. The number of aryl methyl sites for hydroxylation is 1. The predicted octanol–water partition coefficient (Wildman–Crippen LogP) is 1.67. The van der Waals surface area contributed by atoms with Crippen molar-refractivity contribution in [3.05, 3.63) is 29.5 Å². The van der Waals surface area contributed by atoms with Gasteiger partial charge in [-0.1, -0.05) is 0 Å². The molecular formula is C15H17NO7S. The molecule has 0 aliphatic heterocycles. The van der Waals surface area contributed by atoms with E-state index in [4.69, 9.17) is 14.3 Å². The van der Waals surface area contributed by atoms with Crippen molar-refractivity contribution >= 4 is 32.9 Å². The number of esters is 1. The van der Waals surface area contributed by atoms with Crippen LogP contribution in [0.1, 0.15) is 30.0 Å². The maximum atomic E-state index is 12.2. The van der Waals surface area contributed by atoms with E-state index in [1.807, 2.05) is 0 Å². The lowest BCUT2D eigenvalue weighted by Crippen LogP contribution is -2.38. The van der Waals surface area contributed by atoms with Gasteiger partial charge in [-0.3, -0.25) is 4.79 Å². The number of nitrogens with one attached hydrogen (secondary N) is 1. The van der Waals surface area contributed by atoms with E-state index in [2.05, 4.69) is 4.72 Å². The molecule has 0 unspecified atom stereocenters. The van der Waals surface area contributed by atoms with E-state index in [-0.39, 0.29) is 17.3 Å². The van der Waals surface area contributed by atoms with Gasteiger partial charge in [0, 0.05) is 10.9 Å². The maximum absolute atomic E-state index is 12.2. The second-order valence-corrected chi connectivity index (χ2v) is 6.83. The van der Waals surface area contributed by atoms with Gasteiger partial charge in [-0.15, -0.1) is 0 Å². The molecule has 0 aliphatic rings. The van der Waals surface area contributed by atoms with Crippen LogP contribution in [0.15, 0.2) is 27.5 Å². The number of carboxylic acid groups (broad SMARTS) is 1. The Kier molecular flexibility index (Phi) is 4.95. The Morgan fingerprint density at radius 1 is 1.38 bits per heavy atom. The zero-order chi connectivity index (χ0) is 18.1. The van der Waals surface area contributed by atoms with E-state index >= 15 is 0 Å². The molecule has 0 saturated carbocycles. The molecule has 1 aromatic carbocycles. The summed E-state index contributed by atoms with van der Waals surface area (Å²) in [6, 6.07) is 2.74. The minimum absolute atomic E-state index is 0.00765. The second-order valence-electron chi connectivity index (χ2n) is 5.12. The van der Waals surface area contributed by atoms with Gasteiger partial charge in [-0.05, 0) is 39.0 Å². The molecule has 2 N–H and O–H groups in total. The standard InChI is InChI=1S/C15H17NO7S/c1-4-22-15(19)13-8(2)11-7-10(5-6-12(11)23-13)24(20,21)16-9(3)14(17)18/h5-7,9,16H,4H2,1-3H3,(H,17,18)/t9-/m0/s1. The van der Waals surface area contributed by atoms with Gasteiger partial charge in [-0.2, -0.15) is 4.72 Å². The van der Waals surface area contributed by atoms with Crippen LogP contribution in [0.25, 0.3) is 11.0 Å². The Labute approximate surface area is 138 Å². The van der Waals surface area contributed by atoms with Gasteiger partial charge in [0.05, 0.1) is 11.5 Å². The fourth-order valence-electron chi connectivity index (χ4n) is 2.11. The molecule has 9 heteroatoms. The van der Waals surface area contributed by atoms with Gasteiger partial charge in [0.15, 0.2) is 0 Å². The summed E-state index contributed by atoms with van der Waals surface area (Å²) in [4.78, 5) is 22.5. The van der Waals surface area contributed by atoms with Gasteiger partial charge >= 0.3 is 11.9 Å². The van der Waals surface area contributed by atoms with Crippen LogP contribution in [0.2, 0.25) is 0 Å². The average Bonchev–Trinajstić information content (AvgIpc) is 2.84. The largest absolute Gasteiger partial charge is 0.480 e. The number of hydrogen-bond donors (Lipinski definition) is 2. The molecule has 1 heterocycles. The zero-order valence-electron chi connectivity index (χ0n) is 13.3. The normalized spacial score (nSPS) is 13.0. The molecule has 0 saturated heterocycles. The molecule has 8 nitrogen and oxygen atoms in total. The fourth-order valence-corrected chi connectivity index (χ4v) is 3.33. The number of carboxylic acids is 1. The summed E-state index contributed by atoms with van der Waals surface area (Å²) in [6.45, 7) is 4.68. The lowest BCUT2D eigenvalue weighted by molar-refractivity contribution is -0.138. The SMILES string of the molecule is CCOC(=O)c1oc2ccc(S(=O)(=O)N[C@@H](C)C(=O)O)cc2c1C. The Hall–Kier alpha value is -2.39. The van der Waals surface area contributed by atoms with E-state index < -0.39 is 28.0 Å². The molecule has 2 rings (SSSR count). The van der Waals surface area contributed by atoms with Crippen LogP contribution in [0.3, 0.4) is 0 Å². The Bertz CT molecular complexity index is 898. The number of carbonyl (C=O) groups excluding carboxylic acids is 1. The van der Waals surface area contributed by atoms with E-state index in [1.54, 1.807) is 13.8 Å². The minimum Gasteiger partial charge on any atom is -0.480 e. The predicted molar refractivity (Wildman–Crippen MR) is 84.3 cm³/mol. The summed E-state index contributed by atoms with van der Waals surface area (Å²) < 4.78 is 36.9. The van der Waals surface area contributed by atoms with Gasteiger partial charge in [0.25, 0.3) is 0 Å². The van der Waals surface area contributed by atoms with Crippen molar-refractivity contribution in [2.75, 3.05) is 6.61 Å². The first kappa shape index (κ1) is 18.0. The first-order valence-corrected chi connectivity index (χ1v) is 8.61. The highest BCUT2D eigenvalue weighted by atomic mass is 32.2. The van der Waals surface area contributed by atoms with E-state index in [1.165, 1.54) is 25.1 Å². The number of fused-ring (bicyclic) bond motifs is 1. The third kappa shape index (κ3) is 3.41. The number of ether oxygens (including phenoxy) is 1. The molecule has 0 radical (unpaired) electrons. The Balaban J connectivity index is 2.46. The fraction of sp³-hybridized carbons (Fsp3) is 0.333. The lowest BCUT2D eigenvalue weighted by Gasteiger charge is -2.10. The molecule has 1 aromatic heterocycles. The molecule has 2 aromatic rings. The van der Waals surface area contributed by atoms with Crippen molar-refractivity contribution in [3.8, 4) is 0 Å². The molecule has 0 aliphatic carbocycles. The van der Waals surface area contributed by atoms with Crippen LogP contribution in [-0.4, -0.2) is 38.1 Å². The molecule has 0 fully saturated rings. The zero-order valence-corrected chi connectivity index (χ0v) is 14.1. The summed E-state index contributed by atoms with van der Waals surface area (Å²) in [5.74, 6) is -1.91. The third-order valence-electron chi connectivity index (χ3n) is 3.38. The quantitative estimate of drug-likeness (QED) is 0.756. The van der Waals surface area contributed by atoms with Gasteiger partial charge in [-0.25, -0.2) is 13.2 Å². The molecule has 130 valence electrons. The van der Waals surface area contributed by atoms with Gasteiger partial charge in [0.2, 0.25) is 15.8 Å². The number of hydrogen-bond acceptors (Lipinski definition) is 6. The molecule has 24 heavy (non-hydrogen) atoms. The third-order valence-corrected chi connectivity index (χ3v) is 4.92. The topological polar surface area (TPSA) is 123 Å². The van der Waals surface area contributed by atoms with Crippen molar-refractivity contribution in [2.24, 2.45) is 0 Å². The van der Waals surface area contributed by atoms with Crippen molar-refractivity contribution in [3.63, 3.8) is 0 Å². The number of furan rings is 1. The minimum atomic E-state index is -4.02. The second kappa shape index (κ2) is 6.62. The smallest absolute Gasteiger partial charge is 0.374 e. The van der Waals surface area contributed by atoms with Gasteiger partial charge in [0.1, 0.15) is 11.6 Å². The number of carbonyl (C=O) groups is 2. The molecule has 1 atom stereocenters. The highest BCUT2D eigenvalue weighted by Crippen LogP contribution is 2.28. The maximum Gasteiger partial charge on any atom is 0.374 e. The number of rotatable bonds is 6. The monoisotopic (exact) mass is 355 g/mol. The van der Waals surface area contributed by atoms with Crippen molar-refractivity contribution in [1.29, 1.82) is 0 Å². The van der Waals surface area contributed by atoms with Crippen LogP contribution >= 0.6 is 0 Å². The lowest BCUT2D eigenvalue weighted by atomic mass is 10.1. The number of sulfonamides is 1.